The molecule has 0 saturated heterocycles. The van der Waals surface area contributed by atoms with Crippen molar-refractivity contribution in [2.75, 3.05) is 0 Å². The maximum atomic E-state index is 5.89. The summed E-state index contributed by atoms with van der Waals surface area (Å²) < 4.78 is 0. The summed E-state index contributed by atoms with van der Waals surface area (Å²) >= 11 is 11.8. The van der Waals surface area contributed by atoms with E-state index in [1.54, 1.807) is 0 Å². The Morgan fingerprint density at radius 2 is 1.40 bits per heavy atom. The second-order valence-electron chi connectivity index (χ2n) is 3.15. The minimum Gasteiger partial charge on any atom is -0.0727 e. The van der Waals surface area contributed by atoms with Crippen LogP contribution < -0.4 is 5.30 Å². The molecular weight excluding hydrogens is 246 g/mol. The normalized spacial score (nSPS) is 10.6. The van der Waals surface area contributed by atoms with Crippen molar-refractivity contribution >= 4 is 34.4 Å². The molecule has 0 nitrogen and oxygen atoms in total. The van der Waals surface area contributed by atoms with E-state index in [-0.39, 0.29) is 0 Å². The molecule has 0 bridgehead atoms. The predicted molar refractivity (Wildman–Crippen MR) is 70.1 cm³/mol. The maximum absolute atomic E-state index is 5.89. The maximum Gasteiger partial charge on any atom is 0.116 e. The molecule has 0 fully saturated rings. The zero-order chi connectivity index (χ0) is 10.7. The molecule has 0 aliphatic heterocycles. The van der Waals surface area contributed by atoms with Gasteiger partial charge in [0.1, 0.15) is 6.63 Å². The Bertz CT molecular complexity index is 440. The molecule has 0 N–H and O–H groups in total. The van der Waals surface area contributed by atoms with Crippen molar-refractivity contribution in [3.05, 3.63) is 54.6 Å². The Morgan fingerprint density at radius 1 is 0.733 bits per heavy atom. The summed E-state index contributed by atoms with van der Waals surface area (Å²) in [7, 11) is 0. The number of benzene rings is 2. The van der Waals surface area contributed by atoms with Gasteiger partial charge in [0, 0.05) is 5.30 Å². The third-order valence-corrected chi connectivity index (χ3v) is 3.99. The summed E-state index contributed by atoms with van der Waals surface area (Å²) in [4.78, 5) is 0. The Labute approximate surface area is 100 Å². The molecule has 15 heavy (non-hydrogen) atoms. The van der Waals surface area contributed by atoms with Crippen molar-refractivity contribution in [3.8, 4) is 11.1 Å². The van der Waals surface area contributed by atoms with Crippen LogP contribution in [0.25, 0.3) is 11.1 Å². The second-order valence-corrected chi connectivity index (χ2v) is 6.68. The number of halogens is 2. The first-order chi connectivity index (χ1) is 7.27. The molecule has 0 aliphatic rings. The van der Waals surface area contributed by atoms with Crippen molar-refractivity contribution in [3.63, 3.8) is 0 Å². The Kier molecular flexibility index (Phi) is 3.64. The third-order valence-electron chi connectivity index (χ3n) is 2.15. The van der Waals surface area contributed by atoms with Gasteiger partial charge in [0.05, 0.1) is 0 Å². The fourth-order valence-corrected chi connectivity index (χ4v) is 2.49. The van der Waals surface area contributed by atoms with Crippen LogP contribution in [0.1, 0.15) is 0 Å². The average Bonchev–Trinajstić information content (AvgIpc) is 2.30. The standard InChI is InChI=1S/C12H9Cl2P/c13-15(14)12-8-4-7-11(9-12)10-5-2-1-3-6-10/h1-9H. The lowest BCUT2D eigenvalue weighted by Gasteiger charge is -2.05. The fraction of sp³-hybridized carbons (Fsp3) is 0. The van der Waals surface area contributed by atoms with Crippen LogP contribution in [0.2, 0.25) is 0 Å². The summed E-state index contributed by atoms with van der Waals surface area (Å²) in [5, 5.41) is 0.995. The lowest BCUT2D eigenvalue weighted by molar-refractivity contribution is 1.64. The van der Waals surface area contributed by atoms with Gasteiger partial charge < -0.3 is 0 Å². The van der Waals surface area contributed by atoms with E-state index in [0.717, 1.165) is 10.9 Å². The summed E-state index contributed by atoms with van der Waals surface area (Å²) in [5.41, 5.74) is 2.34. The van der Waals surface area contributed by atoms with Gasteiger partial charge in [0.15, 0.2) is 0 Å². The van der Waals surface area contributed by atoms with E-state index in [4.69, 9.17) is 22.5 Å². The fourth-order valence-electron chi connectivity index (χ4n) is 1.42. The van der Waals surface area contributed by atoms with Crippen molar-refractivity contribution in [2.24, 2.45) is 0 Å². The highest BCUT2D eigenvalue weighted by atomic mass is 35.9. The predicted octanol–water partition coefficient (Wildman–Crippen LogP) is 4.77. The SMILES string of the molecule is ClP(Cl)c1cccc(-c2ccccc2)c1. The van der Waals surface area contributed by atoms with Crippen LogP contribution in [0.5, 0.6) is 0 Å². The molecule has 0 aliphatic carbocycles. The van der Waals surface area contributed by atoms with Gasteiger partial charge in [-0.05, 0) is 17.2 Å². The van der Waals surface area contributed by atoms with E-state index >= 15 is 0 Å². The molecule has 0 unspecified atom stereocenters. The largest absolute Gasteiger partial charge is 0.116 e. The number of rotatable bonds is 2. The van der Waals surface area contributed by atoms with Crippen molar-refractivity contribution in [1.29, 1.82) is 0 Å². The molecule has 3 heteroatoms. The first kappa shape index (κ1) is 11.0. The molecule has 2 aromatic carbocycles. The van der Waals surface area contributed by atoms with Crippen molar-refractivity contribution in [1.82, 2.24) is 0 Å². The first-order valence-corrected chi connectivity index (χ1v) is 7.70. The van der Waals surface area contributed by atoms with E-state index in [1.807, 2.05) is 36.4 Å². The van der Waals surface area contributed by atoms with Gasteiger partial charge in [-0.2, -0.15) is 0 Å². The van der Waals surface area contributed by atoms with E-state index in [0.29, 0.717) is 0 Å². The molecule has 2 rings (SSSR count). The lowest BCUT2D eigenvalue weighted by atomic mass is 10.1. The van der Waals surface area contributed by atoms with Crippen LogP contribution in [-0.4, -0.2) is 0 Å². The minimum atomic E-state index is -1.06. The highest BCUT2D eigenvalue weighted by Gasteiger charge is 2.04. The molecule has 0 spiro atoms. The Morgan fingerprint density at radius 3 is 2.07 bits per heavy atom. The Balaban J connectivity index is 2.42. The molecule has 76 valence electrons. The highest BCUT2D eigenvalue weighted by Crippen LogP contribution is 2.45. The summed E-state index contributed by atoms with van der Waals surface area (Å²) in [6, 6.07) is 18.2. The molecule has 0 heterocycles. The minimum absolute atomic E-state index is 0.995. The van der Waals surface area contributed by atoms with Crippen LogP contribution in [0.3, 0.4) is 0 Å². The highest BCUT2D eigenvalue weighted by molar-refractivity contribution is 8.08. The summed E-state index contributed by atoms with van der Waals surface area (Å²) in [6.45, 7) is -1.06. The van der Waals surface area contributed by atoms with Gasteiger partial charge >= 0.3 is 0 Å². The van der Waals surface area contributed by atoms with Gasteiger partial charge in [-0.15, -0.1) is 0 Å². The average molecular weight is 255 g/mol. The number of hydrogen-bond acceptors (Lipinski definition) is 0. The van der Waals surface area contributed by atoms with E-state index in [9.17, 15) is 0 Å². The van der Waals surface area contributed by atoms with E-state index in [2.05, 4.69) is 18.2 Å². The molecule has 0 amide bonds. The van der Waals surface area contributed by atoms with Crippen molar-refractivity contribution < 1.29 is 0 Å². The zero-order valence-electron chi connectivity index (χ0n) is 7.90. The van der Waals surface area contributed by atoms with E-state index < -0.39 is 6.63 Å². The number of hydrogen-bond donors (Lipinski definition) is 0. The topological polar surface area (TPSA) is 0 Å². The molecule has 0 atom stereocenters. The van der Waals surface area contributed by atoms with Crippen LogP contribution in [0.4, 0.5) is 0 Å². The van der Waals surface area contributed by atoms with Crippen molar-refractivity contribution in [2.45, 2.75) is 0 Å². The smallest absolute Gasteiger partial charge is 0.0727 e. The van der Waals surface area contributed by atoms with E-state index in [1.165, 1.54) is 5.56 Å². The van der Waals surface area contributed by atoms with Gasteiger partial charge in [0.2, 0.25) is 0 Å². The molecule has 0 aromatic heterocycles. The second kappa shape index (κ2) is 4.99. The van der Waals surface area contributed by atoms with Gasteiger partial charge in [-0.3, -0.25) is 0 Å². The monoisotopic (exact) mass is 254 g/mol. The van der Waals surface area contributed by atoms with Crippen LogP contribution in [0.15, 0.2) is 54.6 Å². The van der Waals surface area contributed by atoms with Crippen LogP contribution in [0, 0.1) is 0 Å². The third kappa shape index (κ3) is 2.72. The van der Waals surface area contributed by atoms with Crippen LogP contribution in [-0.2, 0) is 0 Å². The lowest BCUT2D eigenvalue weighted by Crippen LogP contribution is -1.93. The van der Waals surface area contributed by atoms with Gasteiger partial charge in [-0.1, -0.05) is 71.0 Å². The van der Waals surface area contributed by atoms with Crippen LogP contribution >= 0.6 is 29.1 Å². The first-order valence-electron chi connectivity index (χ1n) is 4.54. The molecule has 0 saturated carbocycles. The molecule has 0 radical (unpaired) electrons. The molecule has 2 aromatic rings. The van der Waals surface area contributed by atoms with Gasteiger partial charge in [-0.25, -0.2) is 0 Å². The summed E-state index contributed by atoms with van der Waals surface area (Å²) in [5.74, 6) is 0. The zero-order valence-corrected chi connectivity index (χ0v) is 10.3. The van der Waals surface area contributed by atoms with Gasteiger partial charge in [0.25, 0.3) is 0 Å². The molecular formula is C12H9Cl2P. The Hall–Kier alpha value is -0.550. The quantitative estimate of drug-likeness (QED) is 0.678. The summed E-state index contributed by atoms with van der Waals surface area (Å²) in [6.07, 6.45) is 0.